The van der Waals surface area contributed by atoms with Gasteiger partial charge in [-0.3, -0.25) is 0 Å². The lowest BCUT2D eigenvalue weighted by atomic mass is 9.95. The summed E-state index contributed by atoms with van der Waals surface area (Å²) in [6.45, 7) is 0.831. The smallest absolute Gasteiger partial charge is 0.358 e. The molecule has 1 aliphatic carbocycles. The molecule has 0 radical (unpaired) electrons. The quantitative estimate of drug-likeness (QED) is 0.533. The van der Waals surface area contributed by atoms with Gasteiger partial charge in [0.2, 0.25) is 5.65 Å². The minimum Gasteiger partial charge on any atom is -0.358 e. The molecule has 1 aliphatic rings. The largest absolute Gasteiger partial charge is 0.368 e. The van der Waals surface area contributed by atoms with E-state index in [0.29, 0.717) is 11.5 Å². The molecule has 0 aliphatic heterocycles. The summed E-state index contributed by atoms with van der Waals surface area (Å²) in [5, 5.41) is 15.5. The topological polar surface area (TPSA) is 76.6 Å². The first kappa shape index (κ1) is 14.6. The molecule has 0 N–H and O–H groups in total. The summed E-state index contributed by atoms with van der Waals surface area (Å²) >= 11 is 0. The number of rotatable bonds is 5. The number of nitrogens with zero attached hydrogens (tertiary/aromatic N) is 5. The Kier molecular flexibility index (Phi) is 3.23. The predicted octanol–water partition coefficient (Wildman–Crippen LogP) is 2.81. The molecule has 1 fully saturated rings. The van der Waals surface area contributed by atoms with Gasteiger partial charge in [0, 0.05) is 25.1 Å². The van der Waals surface area contributed by atoms with Crippen molar-refractivity contribution in [3.05, 3.63) is 64.3 Å². The fraction of sp³-hybridized carbons (Fsp3) is 0.294. The fourth-order valence-corrected chi connectivity index (χ4v) is 3.20. The van der Waals surface area contributed by atoms with Gasteiger partial charge in [0.15, 0.2) is 5.82 Å². The Morgan fingerprint density at radius 2 is 2.00 bits per heavy atom. The van der Waals surface area contributed by atoms with Crippen LogP contribution in [0.2, 0.25) is 0 Å². The highest BCUT2D eigenvalue weighted by molar-refractivity contribution is 5.50. The SMILES string of the molecule is CN(CC1(c2ccccc2)CC1)c1ccc2ncc([N+](=O)[O-])n2n1. The third kappa shape index (κ3) is 2.38. The van der Waals surface area contributed by atoms with E-state index in [1.165, 1.54) is 16.3 Å². The van der Waals surface area contributed by atoms with Gasteiger partial charge < -0.3 is 15.0 Å². The van der Waals surface area contributed by atoms with Gasteiger partial charge in [-0.1, -0.05) is 39.9 Å². The van der Waals surface area contributed by atoms with Crippen LogP contribution < -0.4 is 4.90 Å². The van der Waals surface area contributed by atoms with Crippen molar-refractivity contribution in [1.29, 1.82) is 0 Å². The van der Waals surface area contributed by atoms with Gasteiger partial charge in [-0.05, 0) is 29.4 Å². The Labute approximate surface area is 138 Å². The summed E-state index contributed by atoms with van der Waals surface area (Å²) in [4.78, 5) is 16.7. The van der Waals surface area contributed by atoms with E-state index in [9.17, 15) is 10.1 Å². The minimum atomic E-state index is -0.469. The van der Waals surface area contributed by atoms with Gasteiger partial charge in [0.1, 0.15) is 6.20 Å². The van der Waals surface area contributed by atoms with E-state index < -0.39 is 4.92 Å². The van der Waals surface area contributed by atoms with Crippen LogP contribution in [0, 0.1) is 10.1 Å². The van der Waals surface area contributed by atoms with Crippen LogP contribution in [0.1, 0.15) is 18.4 Å². The third-order valence-electron chi connectivity index (χ3n) is 4.69. The molecular weight excluding hydrogens is 306 g/mol. The highest BCUT2D eigenvalue weighted by Gasteiger charge is 2.45. The number of hydrogen-bond acceptors (Lipinski definition) is 5. The van der Waals surface area contributed by atoms with E-state index in [-0.39, 0.29) is 11.2 Å². The molecule has 0 spiro atoms. The molecule has 2 aromatic heterocycles. The molecule has 0 bridgehead atoms. The van der Waals surface area contributed by atoms with E-state index in [2.05, 4.69) is 39.2 Å². The fourth-order valence-electron chi connectivity index (χ4n) is 3.20. The average Bonchev–Trinajstić information content (AvgIpc) is 3.24. The van der Waals surface area contributed by atoms with Gasteiger partial charge in [0.25, 0.3) is 0 Å². The number of fused-ring (bicyclic) bond motifs is 1. The van der Waals surface area contributed by atoms with Crippen molar-refractivity contribution >= 4 is 17.3 Å². The molecular formula is C17H17N5O2. The van der Waals surface area contributed by atoms with Crippen molar-refractivity contribution in [2.45, 2.75) is 18.3 Å². The van der Waals surface area contributed by atoms with Crippen molar-refractivity contribution in [2.75, 3.05) is 18.5 Å². The molecule has 0 atom stereocenters. The van der Waals surface area contributed by atoms with Gasteiger partial charge in [-0.2, -0.15) is 0 Å². The van der Waals surface area contributed by atoms with E-state index in [4.69, 9.17) is 0 Å². The summed E-state index contributed by atoms with van der Waals surface area (Å²) in [7, 11) is 1.97. The third-order valence-corrected chi connectivity index (χ3v) is 4.69. The van der Waals surface area contributed by atoms with Crippen LogP contribution in [-0.2, 0) is 5.41 Å². The first-order valence-electron chi connectivity index (χ1n) is 7.85. The van der Waals surface area contributed by atoms with Crippen LogP contribution in [-0.4, -0.2) is 33.1 Å². The maximum Gasteiger partial charge on any atom is 0.368 e. The first-order chi connectivity index (χ1) is 11.6. The minimum absolute atomic E-state index is 0.121. The molecule has 0 unspecified atom stereocenters. The lowest BCUT2D eigenvalue weighted by Gasteiger charge is -2.24. The summed E-state index contributed by atoms with van der Waals surface area (Å²) in [5.74, 6) is 0.579. The van der Waals surface area contributed by atoms with Crippen molar-refractivity contribution in [3.63, 3.8) is 0 Å². The normalized spacial score (nSPS) is 15.4. The number of nitro groups is 1. The maximum atomic E-state index is 11.1. The van der Waals surface area contributed by atoms with Crippen LogP contribution in [0.25, 0.3) is 5.65 Å². The predicted molar refractivity (Wildman–Crippen MR) is 90.3 cm³/mol. The van der Waals surface area contributed by atoms with Crippen molar-refractivity contribution in [3.8, 4) is 0 Å². The Morgan fingerprint density at radius 1 is 1.25 bits per heavy atom. The summed E-state index contributed by atoms with van der Waals surface area (Å²) in [6, 6.07) is 14.1. The second-order valence-electron chi connectivity index (χ2n) is 6.34. The molecule has 24 heavy (non-hydrogen) atoms. The van der Waals surface area contributed by atoms with Crippen LogP contribution in [0.4, 0.5) is 11.6 Å². The molecule has 1 saturated carbocycles. The lowest BCUT2D eigenvalue weighted by molar-refractivity contribution is -0.391. The molecule has 2 heterocycles. The van der Waals surface area contributed by atoms with Crippen molar-refractivity contribution in [2.24, 2.45) is 0 Å². The molecule has 122 valence electrons. The van der Waals surface area contributed by atoms with E-state index in [1.54, 1.807) is 6.07 Å². The first-order valence-corrected chi connectivity index (χ1v) is 7.85. The molecule has 3 aromatic rings. The Hall–Kier alpha value is -2.96. The Balaban J connectivity index is 1.63. The number of aromatic nitrogens is 3. The van der Waals surface area contributed by atoms with E-state index in [0.717, 1.165) is 19.4 Å². The Bertz CT molecular complexity index is 902. The van der Waals surface area contributed by atoms with Gasteiger partial charge in [0.05, 0.1) is 0 Å². The molecule has 0 saturated heterocycles. The molecule has 4 rings (SSSR count). The zero-order valence-corrected chi connectivity index (χ0v) is 13.3. The Morgan fingerprint density at radius 3 is 2.67 bits per heavy atom. The zero-order valence-electron chi connectivity index (χ0n) is 13.3. The monoisotopic (exact) mass is 323 g/mol. The van der Waals surface area contributed by atoms with Crippen LogP contribution in [0.15, 0.2) is 48.7 Å². The van der Waals surface area contributed by atoms with E-state index in [1.807, 2.05) is 19.2 Å². The summed E-state index contributed by atoms with van der Waals surface area (Å²) < 4.78 is 1.29. The van der Waals surface area contributed by atoms with Crippen molar-refractivity contribution in [1.82, 2.24) is 14.6 Å². The van der Waals surface area contributed by atoms with Crippen LogP contribution in [0.5, 0.6) is 0 Å². The van der Waals surface area contributed by atoms with Crippen LogP contribution in [0.3, 0.4) is 0 Å². The number of imidazole rings is 1. The zero-order chi connectivity index (χ0) is 16.7. The molecule has 1 aromatic carbocycles. The standard InChI is InChI=1S/C17H17N5O2/c1-20(12-17(9-10-17)13-5-3-2-4-6-13)15-8-7-14-18-11-16(22(23)24)21(14)19-15/h2-8,11H,9-10,12H2,1H3. The number of likely N-dealkylation sites (N-methyl/N-ethyl adjacent to an activating group) is 1. The van der Waals surface area contributed by atoms with Gasteiger partial charge in [-0.15, -0.1) is 0 Å². The maximum absolute atomic E-state index is 11.1. The second kappa shape index (κ2) is 5.30. The second-order valence-corrected chi connectivity index (χ2v) is 6.34. The van der Waals surface area contributed by atoms with E-state index >= 15 is 0 Å². The lowest BCUT2D eigenvalue weighted by Crippen LogP contribution is -2.30. The van der Waals surface area contributed by atoms with Crippen molar-refractivity contribution < 1.29 is 4.92 Å². The number of benzene rings is 1. The van der Waals surface area contributed by atoms with Crippen LogP contribution >= 0.6 is 0 Å². The van der Waals surface area contributed by atoms with Gasteiger partial charge in [-0.25, -0.2) is 4.98 Å². The highest BCUT2D eigenvalue weighted by atomic mass is 16.6. The molecule has 7 heteroatoms. The highest BCUT2D eigenvalue weighted by Crippen LogP contribution is 2.48. The average molecular weight is 323 g/mol. The summed E-state index contributed by atoms with van der Waals surface area (Å²) in [6.07, 6.45) is 3.53. The summed E-state index contributed by atoms with van der Waals surface area (Å²) in [5.41, 5.74) is 1.97. The number of hydrogen-bond donors (Lipinski definition) is 0. The molecule has 7 nitrogen and oxygen atoms in total. The number of anilines is 1. The van der Waals surface area contributed by atoms with Gasteiger partial charge >= 0.3 is 5.82 Å². The molecule has 0 amide bonds.